The summed E-state index contributed by atoms with van der Waals surface area (Å²) in [7, 11) is 0. The molecule has 0 saturated carbocycles. The molecule has 4 nitrogen and oxygen atoms in total. The van der Waals surface area contributed by atoms with Crippen LogP contribution in [0.5, 0.6) is 0 Å². The van der Waals surface area contributed by atoms with Crippen molar-refractivity contribution in [3.05, 3.63) is 23.2 Å². The molecule has 0 radical (unpaired) electrons. The van der Waals surface area contributed by atoms with Crippen molar-refractivity contribution in [3.8, 4) is 0 Å². The molecule has 1 aromatic carbocycles. The summed E-state index contributed by atoms with van der Waals surface area (Å²) in [5.41, 5.74) is 6.48. The fourth-order valence-corrected chi connectivity index (χ4v) is 1.84. The zero-order chi connectivity index (χ0) is 11.9. The molecule has 5 heteroatoms. The summed E-state index contributed by atoms with van der Waals surface area (Å²) in [6.45, 7) is 1.74. The van der Waals surface area contributed by atoms with E-state index in [2.05, 4.69) is 0 Å². The van der Waals surface area contributed by atoms with Crippen LogP contribution in [0, 0.1) is 5.92 Å². The van der Waals surface area contributed by atoms with Gasteiger partial charge in [-0.05, 0) is 18.2 Å². The Morgan fingerprint density at radius 3 is 2.62 bits per heavy atom. The first-order chi connectivity index (χ1) is 7.50. The van der Waals surface area contributed by atoms with E-state index in [1.807, 2.05) is 0 Å². The van der Waals surface area contributed by atoms with Crippen molar-refractivity contribution < 1.29 is 9.59 Å². The predicted octanol–water partition coefficient (Wildman–Crippen LogP) is 1.82. The average Bonchev–Trinajstić information content (AvgIpc) is 2.47. The van der Waals surface area contributed by atoms with Gasteiger partial charge < -0.3 is 5.73 Å². The van der Waals surface area contributed by atoms with E-state index < -0.39 is 0 Å². The van der Waals surface area contributed by atoms with Crippen molar-refractivity contribution >= 4 is 34.8 Å². The van der Waals surface area contributed by atoms with Gasteiger partial charge in [0.25, 0.3) is 0 Å². The monoisotopic (exact) mass is 238 g/mol. The minimum Gasteiger partial charge on any atom is -0.397 e. The van der Waals surface area contributed by atoms with Gasteiger partial charge in [-0.2, -0.15) is 0 Å². The summed E-state index contributed by atoms with van der Waals surface area (Å²) >= 11 is 5.78. The number of imide groups is 1. The fourth-order valence-electron chi connectivity index (χ4n) is 1.73. The normalized spacial score (nSPS) is 20.6. The van der Waals surface area contributed by atoms with Gasteiger partial charge in [-0.1, -0.05) is 18.5 Å². The van der Waals surface area contributed by atoms with Crippen LogP contribution in [-0.2, 0) is 9.59 Å². The van der Waals surface area contributed by atoms with Gasteiger partial charge in [-0.25, -0.2) is 0 Å². The Labute approximate surface area is 98.0 Å². The van der Waals surface area contributed by atoms with Gasteiger partial charge in [-0.3, -0.25) is 14.5 Å². The van der Waals surface area contributed by atoms with E-state index in [9.17, 15) is 9.59 Å². The zero-order valence-electron chi connectivity index (χ0n) is 8.74. The molecule has 1 aliphatic rings. The third kappa shape index (κ3) is 1.65. The molecule has 1 aromatic rings. The van der Waals surface area contributed by atoms with E-state index in [1.54, 1.807) is 19.1 Å². The Balaban J connectivity index is 2.41. The molecule has 2 rings (SSSR count). The first-order valence-electron chi connectivity index (χ1n) is 4.92. The molecule has 0 bridgehead atoms. The van der Waals surface area contributed by atoms with E-state index in [1.165, 1.54) is 6.07 Å². The van der Waals surface area contributed by atoms with Crippen LogP contribution in [0.1, 0.15) is 13.3 Å². The molecule has 1 saturated heterocycles. The molecular formula is C11H11ClN2O2. The Bertz CT molecular complexity index is 473. The highest BCUT2D eigenvalue weighted by molar-refractivity contribution is 6.33. The van der Waals surface area contributed by atoms with Crippen LogP contribution in [0.25, 0.3) is 0 Å². The van der Waals surface area contributed by atoms with E-state index in [0.717, 1.165) is 4.90 Å². The Kier molecular flexibility index (Phi) is 2.59. The lowest BCUT2D eigenvalue weighted by Gasteiger charge is -2.15. The number of nitrogens with two attached hydrogens (primary N) is 1. The number of amides is 2. The number of carbonyl (C=O) groups excluding carboxylic acids is 2. The van der Waals surface area contributed by atoms with Gasteiger partial charge in [0.1, 0.15) is 0 Å². The molecule has 2 N–H and O–H groups in total. The van der Waals surface area contributed by atoms with E-state index in [4.69, 9.17) is 17.3 Å². The van der Waals surface area contributed by atoms with Crippen molar-refractivity contribution in [1.82, 2.24) is 0 Å². The summed E-state index contributed by atoms with van der Waals surface area (Å²) in [4.78, 5) is 24.5. The largest absolute Gasteiger partial charge is 0.397 e. The quantitative estimate of drug-likeness (QED) is 0.600. The maximum Gasteiger partial charge on any atom is 0.237 e. The molecule has 84 valence electrons. The molecule has 1 unspecified atom stereocenters. The van der Waals surface area contributed by atoms with Gasteiger partial charge in [0.15, 0.2) is 0 Å². The highest BCUT2D eigenvalue weighted by Crippen LogP contribution is 2.30. The minimum atomic E-state index is -0.260. The van der Waals surface area contributed by atoms with Crippen molar-refractivity contribution in [1.29, 1.82) is 0 Å². The second-order valence-electron chi connectivity index (χ2n) is 3.88. The van der Waals surface area contributed by atoms with Crippen LogP contribution in [0.2, 0.25) is 5.02 Å². The molecule has 0 aliphatic carbocycles. The Morgan fingerprint density at radius 1 is 1.44 bits per heavy atom. The number of carbonyl (C=O) groups is 2. The second kappa shape index (κ2) is 3.79. The average molecular weight is 239 g/mol. The Hall–Kier alpha value is -1.55. The molecule has 1 fully saturated rings. The molecule has 1 atom stereocenters. The molecule has 2 amide bonds. The maximum atomic E-state index is 11.7. The predicted molar refractivity (Wildman–Crippen MR) is 62.1 cm³/mol. The number of nitrogen functional groups attached to an aromatic ring is 1. The van der Waals surface area contributed by atoms with Gasteiger partial charge in [0.2, 0.25) is 11.8 Å². The SMILES string of the molecule is CC1CC(=O)N(c2ccc(Cl)c(N)c2)C1=O. The lowest BCUT2D eigenvalue weighted by atomic mass is 10.1. The molecule has 0 spiro atoms. The molecule has 0 aromatic heterocycles. The van der Waals surface area contributed by atoms with E-state index in [0.29, 0.717) is 16.4 Å². The molecular weight excluding hydrogens is 228 g/mol. The topological polar surface area (TPSA) is 63.4 Å². The standard InChI is InChI=1S/C11H11ClN2O2/c1-6-4-10(15)14(11(6)16)7-2-3-8(12)9(13)5-7/h2-3,5-6H,4,13H2,1H3. The van der Waals surface area contributed by atoms with Crippen LogP contribution < -0.4 is 10.6 Å². The zero-order valence-corrected chi connectivity index (χ0v) is 9.49. The number of anilines is 2. The molecule has 1 aliphatic heterocycles. The van der Waals surface area contributed by atoms with Crippen LogP contribution >= 0.6 is 11.6 Å². The van der Waals surface area contributed by atoms with E-state index in [-0.39, 0.29) is 24.2 Å². The van der Waals surface area contributed by atoms with Crippen molar-refractivity contribution in [2.75, 3.05) is 10.6 Å². The fraction of sp³-hybridized carbons (Fsp3) is 0.273. The number of benzene rings is 1. The summed E-state index contributed by atoms with van der Waals surface area (Å²) in [6.07, 6.45) is 0.251. The summed E-state index contributed by atoms with van der Waals surface area (Å²) in [6, 6.07) is 4.73. The van der Waals surface area contributed by atoms with Gasteiger partial charge in [0, 0.05) is 12.3 Å². The third-order valence-corrected chi connectivity index (χ3v) is 2.95. The van der Waals surface area contributed by atoms with Crippen LogP contribution in [0.4, 0.5) is 11.4 Å². The maximum absolute atomic E-state index is 11.7. The van der Waals surface area contributed by atoms with Crippen molar-refractivity contribution in [2.45, 2.75) is 13.3 Å². The van der Waals surface area contributed by atoms with Gasteiger partial charge in [-0.15, -0.1) is 0 Å². The summed E-state index contributed by atoms with van der Waals surface area (Å²) in [5.74, 6) is -0.643. The molecule has 1 heterocycles. The third-order valence-electron chi connectivity index (χ3n) is 2.61. The highest BCUT2D eigenvalue weighted by atomic mass is 35.5. The number of nitrogens with zero attached hydrogens (tertiary/aromatic N) is 1. The second-order valence-corrected chi connectivity index (χ2v) is 4.29. The van der Waals surface area contributed by atoms with Crippen LogP contribution in [0.15, 0.2) is 18.2 Å². The number of hydrogen-bond acceptors (Lipinski definition) is 3. The smallest absolute Gasteiger partial charge is 0.237 e. The van der Waals surface area contributed by atoms with Crippen molar-refractivity contribution in [3.63, 3.8) is 0 Å². The summed E-state index contributed by atoms with van der Waals surface area (Å²) in [5, 5.41) is 0.413. The number of halogens is 1. The number of rotatable bonds is 1. The van der Waals surface area contributed by atoms with E-state index >= 15 is 0 Å². The number of hydrogen-bond donors (Lipinski definition) is 1. The first-order valence-corrected chi connectivity index (χ1v) is 5.30. The van der Waals surface area contributed by atoms with Gasteiger partial charge in [0.05, 0.1) is 16.4 Å². The highest BCUT2D eigenvalue weighted by Gasteiger charge is 2.36. The Morgan fingerprint density at radius 2 is 2.12 bits per heavy atom. The lowest BCUT2D eigenvalue weighted by Crippen LogP contribution is -2.29. The molecule has 16 heavy (non-hydrogen) atoms. The summed E-state index contributed by atoms with van der Waals surface area (Å²) < 4.78 is 0. The van der Waals surface area contributed by atoms with Crippen LogP contribution in [0.3, 0.4) is 0 Å². The van der Waals surface area contributed by atoms with Crippen LogP contribution in [-0.4, -0.2) is 11.8 Å². The minimum absolute atomic E-state index is 0.188. The first kappa shape index (κ1) is 11.0. The van der Waals surface area contributed by atoms with Gasteiger partial charge >= 0.3 is 0 Å². The lowest BCUT2D eigenvalue weighted by molar-refractivity contribution is -0.122. The van der Waals surface area contributed by atoms with Crippen molar-refractivity contribution in [2.24, 2.45) is 5.92 Å².